The minimum Gasteiger partial charge on any atom is -0.376 e. The molecular weight excluding hydrogens is 320 g/mol. The average molecular weight is 349 g/mol. The van der Waals surface area contributed by atoms with Crippen molar-refractivity contribution in [3.05, 3.63) is 11.6 Å². The molecule has 24 heavy (non-hydrogen) atoms. The largest absolute Gasteiger partial charge is 0.376 e. The second kappa shape index (κ2) is 4.88. The van der Waals surface area contributed by atoms with Gasteiger partial charge in [-0.2, -0.15) is 0 Å². The molecule has 2 bridgehead atoms. The first-order valence-corrected chi connectivity index (χ1v) is 10.3. The summed E-state index contributed by atoms with van der Waals surface area (Å²) in [6, 6.07) is 0. The maximum atomic E-state index is 12.2. The highest BCUT2D eigenvalue weighted by Crippen LogP contribution is 2.71. The summed E-state index contributed by atoms with van der Waals surface area (Å²) in [5.74, 6) is 2.56. The zero-order valence-corrected chi connectivity index (χ0v) is 15.7. The summed E-state index contributed by atoms with van der Waals surface area (Å²) >= 11 is 7.22. The Labute approximate surface area is 150 Å². The summed E-state index contributed by atoms with van der Waals surface area (Å²) in [6.45, 7) is 5.54. The second-order valence-electron chi connectivity index (χ2n) is 9.45. The molecule has 5 fully saturated rings. The van der Waals surface area contributed by atoms with Crippen LogP contribution in [0.3, 0.4) is 0 Å². The monoisotopic (exact) mass is 348 g/mol. The highest BCUT2D eigenvalue weighted by Gasteiger charge is 2.72. The van der Waals surface area contributed by atoms with Gasteiger partial charge in [0.2, 0.25) is 0 Å². The number of halogens is 1. The number of hydrogen-bond acceptors (Lipinski definition) is 2. The van der Waals surface area contributed by atoms with Gasteiger partial charge in [0.25, 0.3) is 0 Å². The van der Waals surface area contributed by atoms with Crippen molar-refractivity contribution in [3.63, 3.8) is 0 Å². The van der Waals surface area contributed by atoms with Crippen LogP contribution in [-0.2, 0) is 9.53 Å². The smallest absolute Gasteiger partial charge is 0.134 e. The Morgan fingerprint density at radius 2 is 2.04 bits per heavy atom. The normalized spacial score (nSPS) is 57.6. The molecule has 5 rings (SSSR count). The van der Waals surface area contributed by atoms with E-state index < -0.39 is 4.87 Å². The lowest BCUT2D eigenvalue weighted by molar-refractivity contribution is -0.131. The molecule has 4 saturated carbocycles. The third-order valence-corrected chi connectivity index (χ3v) is 9.77. The highest BCUT2D eigenvalue weighted by molar-refractivity contribution is 6.27. The predicted molar refractivity (Wildman–Crippen MR) is 95.0 cm³/mol. The first-order chi connectivity index (χ1) is 11.4. The molecule has 0 aromatic rings. The SMILES string of the molecule is C/C=C1/CCC2C3C[C@H]4OCC5(CCC(=O)C[C@]45Cl)C3CCC12C. The molecule has 1 heterocycles. The number of alkyl halides is 1. The van der Waals surface area contributed by atoms with Crippen molar-refractivity contribution in [2.45, 2.75) is 76.2 Å². The quantitative estimate of drug-likeness (QED) is 0.460. The van der Waals surface area contributed by atoms with Gasteiger partial charge >= 0.3 is 0 Å². The molecule has 0 radical (unpaired) electrons. The minimum absolute atomic E-state index is 0.0655. The van der Waals surface area contributed by atoms with Crippen molar-refractivity contribution < 1.29 is 9.53 Å². The van der Waals surface area contributed by atoms with E-state index in [4.69, 9.17) is 16.3 Å². The summed E-state index contributed by atoms with van der Waals surface area (Å²) in [5.41, 5.74) is 2.16. The first-order valence-electron chi connectivity index (χ1n) is 9.92. The van der Waals surface area contributed by atoms with Gasteiger partial charge in [-0.1, -0.05) is 18.6 Å². The molecule has 5 unspecified atom stereocenters. The van der Waals surface area contributed by atoms with Crippen molar-refractivity contribution in [1.82, 2.24) is 0 Å². The van der Waals surface area contributed by atoms with Crippen molar-refractivity contribution in [3.8, 4) is 0 Å². The molecule has 3 heteroatoms. The molecule has 0 amide bonds. The third kappa shape index (κ3) is 1.66. The van der Waals surface area contributed by atoms with Gasteiger partial charge in [-0.3, -0.25) is 4.79 Å². The van der Waals surface area contributed by atoms with Crippen molar-refractivity contribution in [2.75, 3.05) is 6.61 Å². The van der Waals surface area contributed by atoms with Gasteiger partial charge in [-0.25, -0.2) is 0 Å². The second-order valence-corrected chi connectivity index (χ2v) is 10.1. The Bertz CT molecular complexity index is 627. The van der Waals surface area contributed by atoms with Crippen LogP contribution < -0.4 is 0 Å². The van der Waals surface area contributed by atoms with Gasteiger partial charge in [-0.15, -0.1) is 11.6 Å². The number of carbonyl (C=O) groups is 1. The third-order valence-electron chi connectivity index (χ3n) is 9.01. The first kappa shape index (κ1) is 15.9. The summed E-state index contributed by atoms with van der Waals surface area (Å²) in [5, 5.41) is 0. The number of allylic oxidation sites excluding steroid dienone is 2. The van der Waals surface area contributed by atoms with Gasteiger partial charge in [0.15, 0.2) is 0 Å². The summed E-state index contributed by atoms with van der Waals surface area (Å²) in [7, 11) is 0. The Morgan fingerprint density at radius 3 is 2.83 bits per heavy atom. The van der Waals surface area contributed by atoms with E-state index in [0.717, 1.165) is 37.7 Å². The lowest BCUT2D eigenvalue weighted by Crippen LogP contribution is -2.63. The molecule has 0 aromatic heterocycles. The van der Waals surface area contributed by atoms with Crippen LogP contribution in [0.15, 0.2) is 11.6 Å². The molecule has 1 saturated heterocycles. The zero-order chi connectivity index (χ0) is 16.7. The minimum atomic E-state index is -0.404. The molecular formula is C21H29ClO2. The molecule has 2 nitrogen and oxygen atoms in total. The average Bonchev–Trinajstić information content (AvgIpc) is 2.96. The van der Waals surface area contributed by atoms with E-state index in [1.165, 1.54) is 25.7 Å². The number of ketones is 1. The van der Waals surface area contributed by atoms with Crippen LogP contribution in [0, 0.1) is 28.6 Å². The van der Waals surface area contributed by atoms with Gasteiger partial charge in [0, 0.05) is 18.3 Å². The summed E-state index contributed by atoms with van der Waals surface area (Å²) in [6.07, 6.45) is 11.0. The van der Waals surface area contributed by atoms with E-state index >= 15 is 0 Å². The fourth-order valence-corrected chi connectivity index (χ4v) is 8.45. The number of hydrogen-bond donors (Lipinski definition) is 0. The van der Waals surface area contributed by atoms with Crippen LogP contribution in [0.25, 0.3) is 0 Å². The van der Waals surface area contributed by atoms with Gasteiger partial charge in [0.05, 0.1) is 17.6 Å². The van der Waals surface area contributed by atoms with E-state index in [0.29, 0.717) is 23.5 Å². The number of fused-ring (bicyclic) bond motifs is 3. The standard InChI is InChI=1S/C21H29ClO2/c1-3-13-4-5-16-15-10-18-21(22)11-14(23)6-9-20(21,12-24-18)17(15)7-8-19(13,16)2/h3,15-18H,4-12H2,1-2H3/b13-3-/t15?,16?,17?,18-,19?,20?,21+/m1/s1. The fourth-order valence-electron chi connectivity index (χ4n) is 7.86. The summed E-state index contributed by atoms with van der Waals surface area (Å²) in [4.78, 5) is 11.8. The van der Waals surface area contributed by atoms with E-state index in [2.05, 4.69) is 19.9 Å². The van der Waals surface area contributed by atoms with Gasteiger partial charge in [-0.05, 0) is 68.6 Å². The Balaban J connectivity index is 1.56. The van der Waals surface area contributed by atoms with Gasteiger partial charge in [0.1, 0.15) is 5.78 Å². The Hall–Kier alpha value is -0.340. The van der Waals surface area contributed by atoms with Crippen LogP contribution in [0.1, 0.15) is 65.2 Å². The molecule has 1 aliphatic heterocycles. The number of rotatable bonds is 0. The van der Waals surface area contributed by atoms with Crippen LogP contribution in [-0.4, -0.2) is 23.4 Å². The van der Waals surface area contributed by atoms with Crippen LogP contribution in [0.4, 0.5) is 0 Å². The van der Waals surface area contributed by atoms with E-state index in [-0.39, 0.29) is 11.5 Å². The molecule has 7 atom stereocenters. The molecule has 4 aliphatic carbocycles. The molecule has 132 valence electrons. The lowest BCUT2D eigenvalue weighted by atomic mass is 9.45. The topological polar surface area (TPSA) is 26.3 Å². The van der Waals surface area contributed by atoms with Crippen molar-refractivity contribution in [1.29, 1.82) is 0 Å². The van der Waals surface area contributed by atoms with Crippen LogP contribution in [0.5, 0.6) is 0 Å². The van der Waals surface area contributed by atoms with Crippen molar-refractivity contribution >= 4 is 17.4 Å². The van der Waals surface area contributed by atoms with Crippen LogP contribution in [0.2, 0.25) is 0 Å². The number of carbonyl (C=O) groups excluding carboxylic acids is 1. The molecule has 0 N–H and O–H groups in total. The number of ether oxygens (including phenoxy) is 1. The van der Waals surface area contributed by atoms with E-state index in [1.54, 1.807) is 5.57 Å². The summed E-state index contributed by atoms with van der Waals surface area (Å²) < 4.78 is 6.29. The maximum Gasteiger partial charge on any atom is 0.134 e. The number of Topliss-reactive ketones (excluding diaryl/α,β-unsaturated/α-hetero) is 1. The van der Waals surface area contributed by atoms with E-state index in [9.17, 15) is 4.79 Å². The van der Waals surface area contributed by atoms with E-state index in [1.807, 2.05) is 0 Å². The Kier molecular flexibility index (Phi) is 3.23. The Morgan fingerprint density at radius 1 is 1.21 bits per heavy atom. The lowest BCUT2D eigenvalue weighted by Gasteiger charge is -2.61. The van der Waals surface area contributed by atoms with Crippen molar-refractivity contribution in [2.24, 2.45) is 28.6 Å². The zero-order valence-electron chi connectivity index (χ0n) is 14.9. The highest BCUT2D eigenvalue weighted by atomic mass is 35.5. The fraction of sp³-hybridized carbons (Fsp3) is 0.857. The molecule has 5 aliphatic rings. The van der Waals surface area contributed by atoms with Crippen LogP contribution >= 0.6 is 11.6 Å². The van der Waals surface area contributed by atoms with Gasteiger partial charge < -0.3 is 4.74 Å². The molecule has 0 spiro atoms. The maximum absolute atomic E-state index is 12.2. The molecule has 0 aromatic carbocycles. The predicted octanol–water partition coefficient (Wildman–Crippen LogP) is 4.89.